The number of carbonyl (C=O) groups excluding carboxylic acids is 2. The van der Waals surface area contributed by atoms with Crippen molar-refractivity contribution in [3.63, 3.8) is 0 Å². The van der Waals surface area contributed by atoms with Gasteiger partial charge in [0.2, 0.25) is 0 Å². The third-order valence-electron chi connectivity index (χ3n) is 7.75. The van der Waals surface area contributed by atoms with Crippen molar-refractivity contribution in [2.75, 3.05) is 57.9 Å². The minimum atomic E-state index is -0.264. The zero-order valence-electron chi connectivity index (χ0n) is 24.2. The number of piperidine rings is 1. The summed E-state index contributed by atoms with van der Waals surface area (Å²) >= 11 is 0. The third kappa shape index (κ3) is 7.88. The number of amides is 2. The molecule has 0 unspecified atom stereocenters. The van der Waals surface area contributed by atoms with Gasteiger partial charge in [-0.3, -0.25) is 14.5 Å². The second kappa shape index (κ2) is 14.5. The van der Waals surface area contributed by atoms with Gasteiger partial charge in [-0.1, -0.05) is 24.3 Å². The number of benzene rings is 3. The molecule has 0 saturated carbocycles. The van der Waals surface area contributed by atoms with Crippen LogP contribution >= 0.6 is 0 Å². The highest BCUT2D eigenvalue weighted by Crippen LogP contribution is 2.28. The van der Waals surface area contributed by atoms with Gasteiger partial charge < -0.3 is 19.3 Å². The van der Waals surface area contributed by atoms with E-state index in [1.54, 1.807) is 25.5 Å². The molecule has 0 aliphatic carbocycles. The summed E-state index contributed by atoms with van der Waals surface area (Å²) in [5.74, 6) is 1.29. The van der Waals surface area contributed by atoms with Gasteiger partial charge in [-0.2, -0.15) is 5.10 Å². The van der Waals surface area contributed by atoms with Crippen molar-refractivity contribution in [3.05, 3.63) is 89.5 Å². The van der Waals surface area contributed by atoms with Gasteiger partial charge in [-0.25, -0.2) is 5.43 Å². The Morgan fingerprint density at radius 1 is 0.857 bits per heavy atom. The lowest BCUT2D eigenvalue weighted by atomic mass is 10.1. The molecular weight excluding hydrogens is 530 g/mol. The fourth-order valence-corrected chi connectivity index (χ4v) is 5.32. The van der Waals surface area contributed by atoms with Crippen molar-refractivity contribution in [3.8, 4) is 11.5 Å². The van der Waals surface area contributed by atoms with Crippen molar-refractivity contribution < 1.29 is 19.1 Å². The number of likely N-dealkylation sites (tertiary alicyclic amines) is 1. The average molecular weight is 570 g/mol. The van der Waals surface area contributed by atoms with Crippen LogP contribution in [0.2, 0.25) is 0 Å². The van der Waals surface area contributed by atoms with E-state index in [-0.39, 0.29) is 18.4 Å². The first-order valence-electron chi connectivity index (χ1n) is 14.6. The van der Waals surface area contributed by atoms with E-state index in [1.807, 2.05) is 59.5 Å². The molecule has 0 radical (unpaired) electrons. The van der Waals surface area contributed by atoms with E-state index in [9.17, 15) is 9.59 Å². The van der Waals surface area contributed by atoms with Gasteiger partial charge in [0, 0.05) is 51.4 Å². The van der Waals surface area contributed by atoms with Crippen LogP contribution in [0.4, 0.5) is 5.69 Å². The minimum absolute atomic E-state index is 0.0270. The Balaban J connectivity index is 1.03. The molecule has 2 amide bonds. The number of para-hydroxylation sites is 2. The Morgan fingerprint density at radius 3 is 2.29 bits per heavy atom. The number of ether oxygens (including phenoxy) is 2. The van der Waals surface area contributed by atoms with Crippen LogP contribution in [-0.2, 0) is 11.3 Å². The zero-order chi connectivity index (χ0) is 29.1. The molecule has 0 atom stereocenters. The predicted octanol–water partition coefficient (Wildman–Crippen LogP) is 4.17. The summed E-state index contributed by atoms with van der Waals surface area (Å²) in [6.45, 7) is 6.31. The topological polar surface area (TPSA) is 86.7 Å². The SMILES string of the molecule is COc1ccccc1N1CCN(Cc2ccc(C(=O)N/N=C\c3ccc(OCC(=O)N4CCCCC4)cc3)cc2)CC1. The van der Waals surface area contributed by atoms with Gasteiger partial charge in [-0.05, 0) is 78.9 Å². The second-order valence-corrected chi connectivity index (χ2v) is 10.6. The predicted molar refractivity (Wildman–Crippen MR) is 164 cm³/mol. The van der Waals surface area contributed by atoms with E-state index in [0.717, 1.165) is 75.7 Å². The summed E-state index contributed by atoms with van der Waals surface area (Å²) in [5.41, 5.74) is 6.26. The smallest absolute Gasteiger partial charge is 0.271 e. The van der Waals surface area contributed by atoms with Crippen LogP contribution < -0.4 is 19.8 Å². The number of hydrazone groups is 1. The normalized spacial score (nSPS) is 15.9. The Hall–Kier alpha value is -4.37. The lowest BCUT2D eigenvalue weighted by Crippen LogP contribution is -2.46. The lowest BCUT2D eigenvalue weighted by molar-refractivity contribution is -0.134. The van der Waals surface area contributed by atoms with E-state index in [4.69, 9.17) is 9.47 Å². The Morgan fingerprint density at radius 2 is 1.57 bits per heavy atom. The van der Waals surface area contributed by atoms with Crippen molar-refractivity contribution in [2.24, 2.45) is 5.10 Å². The van der Waals surface area contributed by atoms with E-state index < -0.39 is 0 Å². The highest BCUT2D eigenvalue weighted by atomic mass is 16.5. The fourth-order valence-electron chi connectivity index (χ4n) is 5.32. The molecule has 9 heteroatoms. The molecule has 220 valence electrons. The second-order valence-electron chi connectivity index (χ2n) is 10.6. The molecule has 3 aromatic rings. The molecule has 3 aromatic carbocycles. The Kier molecular flexibility index (Phi) is 10.1. The molecule has 2 heterocycles. The van der Waals surface area contributed by atoms with Crippen LogP contribution in [0, 0.1) is 0 Å². The molecule has 9 nitrogen and oxygen atoms in total. The summed E-state index contributed by atoms with van der Waals surface area (Å²) in [5, 5.41) is 4.10. The van der Waals surface area contributed by atoms with Gasteiger partial charge in [0.25, 0.3) is 11.8 Å². The van der Waals surface area contributed by atoms with Gasteiger partial charge in [0.1, 0.15) is 11.5 Å². The summed E-state index contributed by atoms with van der Waals surface area (Å²) < 4.78 is 11.2. The molecule has 5 rings (SSSR count). The summed E-state index contributed by atoms with van der Waals surface area (Å²) in [7, 11) is 1.71. The highest BCUT2D eigenvalue weighted by molar-refractivity contribution is 5.94. The molecule has 0 spiro atoms. The minimum Gasteiger partial charge on any atom is -0.495 e. The number of anilines is 1. The lowest BCUT2D eigenvalue weighted by Gasteiger charge is -2.36. The van der Waals surface area contributed by atoms with Crippen molar-refractivity contribution >= 4 is 23.7 Å². The Bertz CT molecular complexity index is 1350. The van der Waals surface area contributed by atoms with E-state index >= 15 is 0 Å². The molecule has 2 aliphatic heterocycles. The molecule has 2 aliphatic rings. The standard InChI is InChI=1S/C33H39N5O4/c1-41-31-8-4-3-7-30(31)37-21-19-36(20-22-37)24-27-9-13-28(14-10-27)33(40)35-34-23-26-11-15-29(16-12-26)42-25-32(39)38-17-5-2-6-18-38/h3-4,7-16,23H,2,5-6,17-22,24-25H2,1H3,(H,35,40)/b34-23-. The van der Waals surface area contributed by atoms with E-state index in [0.29, 0.717) is 11.3 Å². The number of hydrogen-bond donors (Lipinski definition) is 1. The molecule has 0 bridgehead atoms. The number of piperazine rings is 1. The van der Waals surface area contributed by atoms with Crippen LogP contribution in [0.5, 0.6) is 11.5 Å². The Labute approximate surface area is 247 Å². The number of methoxy groups -OCH3 is 1. The highest BCUT2D eigenvalue weighted by Gasteiger charge is 2.20. The van der Waals surface area contributed by atoms with Crippen LogP contribution in [-0.4, -0.2) is 80.8 Å². The molecule has 42 heavy (non-hydrogen) atoms. The van der Waals surface area contributed by atoms with Gasteiger partial charge >= 0.3 is 0 Å². The van der Waals surface area contributed by atoms with Crippen molar-refractivity contribution in [1.82, 2.24) is 15.2 Å². The van der Waals surface area contributed by atoms with Gasteiger partial charge in [-0.15, -0.1) is 0 Å². The quantitative estimate of drug-likeness (QED) is 0.291. The number of nitrogens with one attached hydrogen (secondary N) is 1. The van der Waals surface area contributed by atoms with E-state index in [1.165, 1.54) is 12.0 Å². The number of carbonyl (C=O) groups is 2. The molecule has 2 fully saturated rings. The van der Waals surface area contributed by atoms with Crippen LogP contribution in [0.25, 0.3) is 0 Å². The maximum absolute atomic E-state index is 12.6. The molecule has 0 aromatic heterocycles. The van der Waals surface area contributed by atoms with Crippen LogP contribution in [0.15, 0.2) is 77.9 Å². The summed E-state index contributed by atoms with van der Waals surface area (Å²) in [6.07, 6.45) is 4.89. The summed E-state index contributed by atoms with van der Waals surface area (Å²) in [4.78, 5) is 31.5. The number of rotatable bonds is 10. The summed E-state index contributed by atoms with van der Waals surface area (Å²) in [6, 6.07) is 23.1. The zero-order valence-corrected chi connectivity index (χ0v) is 24.2. The van der Waals surface area contributed by atoms with Crippen LogP contribution in [0.1, 0.15) is 40.7 Å². The average Bonchev–Trinajstić information content (AvgIpc) is 3.05. The van der Waals surface area contributed by atoms with Gasteiger partial charge in [0.15, 0.2) is 6.61 Å². The molecule has 2 saturated heterocycles. The first kappa shape index (κ1) is 29.1. The monoisotopic (exact) mass is 569 g/mol. The third-order valence-corrected chi connectivity index (χ3v) is 7.75. The number of hydrogen-bond acceptors (Lipinski definition) is 7. The first-order valence-corrected chi connectivity index (χ1v) is 14.6. The first-order chi connectivity index (χ1) is 20.6. The largest absolute Gasteiger partial charge is 0.495 e. The van der Waals surface area contributed by atoms with E-state index in [2.05, 4.69) is 26.4 Å². The molecular formula is C33H39N5O4. The van der Waals surface area contributed by atoms with Crippen molar-refractivity contribution in [1.29, 1.82) is 0 Å². The maximum atomic E-state index is 12.6. The van der Waals surface area contributed by atoms with Crippen molar-refractivity contribution in [2.45, 2.75) is 25.8 Å². The van der Waals surface area contributed by atoms with Crippen LogP contribution in [0.3, 0.4) is 0 Å². The maximum Gasteiger partial charge on any atom is 0.271 e. The van der Waals surface area contributed by atoms with Gasteiger partial charge in [0.05, 0.1) is 19.0 Å². The molecule has 1 N–H and O–H groups in total. The number of nitrogens with zero attached hydrogens (tertiary/aromatic N) is 4. The fraction of sp³-hybridized carbons (Fsp3) is 0.364.